The van der Waals surface area contributed by atoms with Crippen LogP contribution in [-0.4, -0.2) is 45.8 Å². The smallest absolute Gasteiger partial charge is 0.162 e. The molecule has 0 spiro atoms. The maximum absolute atomic E-state index is 14.2. The molecule has 3 aliphatic rings. The Morgan fingerprint density at radius 3 is 2.87 bits per heavy atom. The quantitative estimate of drug-likeness (QED) is 0.921. The first-order chi connectivity index (χ1) is 11.3. The zero-order valence-corrected chi connectivity index (χ0v) is 13.1. The van der Waals surface area contributed by atoms with Crippen LogP contribution in [0, 0.1) is 11.7 Å². The second kappa shape index (κ2) is 6.47. The number of rotatable bonds is 3. The third-order valence-electron chi connectivity index (χ3n) is 4.69. The normalized spacial score (nSPS) is 25.5. The predicted octanol–water partition coefficient (Wildman–Crippen LogP) is 1.91. The lowest BCUT2D eigenvalue weighted by Gasteiger charge is -2.27. The van der Waals surface area contributed by atoms with Crippen molar-refractivity contribution in [3.63, 3.8) is 0 Å². The van der Waals surface area contributed by atoms with Gasteiger partial charge in [-0.3, -0.25) is 5.32 Å². The Labute approximate surface area is 135 Å². The fourth-order valence-electron chi connectivity index (χ4n) is 3.48. The number of ether oxygens (including phenoxy) is 2. The van der Waals surface area contributed by atoms with Crippen LogP contribution in [0.4, 0.5) is 15.8 Å². The number of nitrogens with one attached hydrogen (secondary N) is 1. The minimum absolute atomic E-state index is 0.0749. The van der Waals surface area contributed by atoms with E-state index in [4.69, 9.17) is 9.47 Å². The molecule has 1 aromatic rings. The van der Waals surface area contributed by atoms with Crippen molar-refractivity contribution in [1.82, 2.24) is 5.32 Å². The maximum atomic E-state index is 14.2. The van der Waals surface area contributed by atoms with Gasteiger partial charge >= 0.3 is 0 Å². The molecule has 1 aromatic carbocycles. The summed E-state index contributed by atoms with van der Waals surface area (Å²) in [4.78, 5) is 4.19. The fourth-order valence-corrected chi connectivity index (χ4v) is 3.48. The predicted molar refractivity (Wildman–Crippen MR) is 86.9 cm³/mol. The van der Waals surface area contributed by atoms with Gasteiger partial charge in [-0.1, -0.05) is 6.08 Å². The number of nitrogens with zero attached hydrogens (tertiary/aromatic N) is 2. The van der Waals surface area contributed by atoms with Gasteiger partial charge in [0, 0.05) is 37.4 Å². The molecule has 0 aromatic heterocycles. The highest BCUT2D eigenvalue weighted by molar-refractivity contribution is 5.62. The van der Waals surface area contributed by atoms with E-state index in [0.717, 1.165) is 31.7 Å². The maximum Gasteiger partial charge on any atom is 0.162 e. The first-order valence-corrected chi connectivity index (χ1v) is 8.23. The molecule has 2 saturated heterocycles. The molecular formula is C17H22FN3O2. The molecule has 1 unspecified atom stereocenters. The summed E-state index contributed by atoms with van der Waals surface area (Å²) in [6.07, 6.45) is 4.90. The average Bonchev–Trinajstić information content (AvgIpc) is 3.27. The second-order valence-corrected chi connectivity index (χ2v) is 6.21. The van der Waals surface area contributed by atoms with Crippen molar-refractivity contribution >= 4 is 11.4 Å². The molecule has 6 heteroatoms. The van der Waals surface area contributed by atoms with Gasteiger partial charge < -0.3 is 19.3 Å². The number of anilines is 2. The van der Waals surface area contributed by atoms with Crippen LogP contribution < -0.4 is 15.1 Å². The van der Waals surface area contributed by atoms with E-state index in [1.807, 2.05) is 29.3 Å². The van der Waals surface area contributed by atoms with Crippen LogP contribution in [0.5, 0.6) is 0 Å². The Hall–Kier alpha value is -1.63. The summed E-state index contributed by atoms with van der Waals surface area (Å²) in [7, 11) is 0. The van der Waals surface area contributed by atoms with Gasteiger partial charge in [0.15, 0.2) is 6.29 Å². The summed E-state index contributed by atoms with van der Waals surface area (Å²) < 4.78 is 25.5. The van der Waals surface area contributed by atoms with E-state index >= 15 is 0 Å². The summed E-state index contributed by atoms with van der Waals surface area (Å²) in [5.41, 5.74) is 1.67. The van der Waals surface area contributed by atoms with Crippen molar-refractivity contribution < 1.29 is 13.9 Å². The highest BCUT2D eigenvalue weighted by Gasteiger charge is 2.33. The van der Waals surface area contributed by atoms with E-state index in [-0.39, 0.29) is 12.1 Å². The van der Waals surface area contributed by atoms with Gasteiger partial charge in [0.2, 0.25) is 0 Å². The van der Waals surface area contributed by atoms with Crippen molar-refractivity contribution in [2.24, 2.45) is 5.92 Å². The van der Waals surface area contributed by atoms with Crippen molar-refractivity contribution in [1.29, 1.82) is 0 Å². The Balaban J connectivity index is 1.50. The molecule has 124 valence electrons. The van der Waals surface area contributed by atoms with Crippen LogP contribution in [0.25, 0.3) is 0 Å². The summed E-state index contributed by atoms with van der Waals surface area (Å²) in [6.45, 7) is 4.68. The Kier molecular flexibility index (Phi) is 4.20. The molecule has 2 fully saturated rings. The lowest BCUT2D eigenvalue weighted by Crippen LogP contribution is -2.34. The number of benzene rings is 1. The molecule has 0 amide bonds. The highest BCUT2D eigenvalue weighted by Crippen LogP contribution is 2.32. The molecule has 3 heterocycles. The van der Waals surface area contributed by atoms with Gasteiger partial charge in [-0.15, -0.1) is 0 Å². The van der Waals surface area contributed by atoms with E-state index in [2.05, 4.69) is 10.2 Å². The highest BCUT2D eigenvalue weighted by atomic mass is 19.1. The van der Waals surface area contributed by atoms with E-state index in [0.29, 0.717) is 31.5 Å². The lowest BCUT2D eigenvalue weighted by atomic mass is 10.1. The van der Waals surface area contributed by atoms with Crippen LogP contribution in [0.1, 0.15) is 6.42 Å². The van der Waals surface area contributed by atoms with Crippen LogP contribution in [0.2, 0.25) is 0 Å². The Morgan fingerprint density at radius 1 is 1.22 bits per heavy atom. The molecule has 4 rings (SSSR count). The minimum atomic E-state index is -0.194. The van der Waals surface area contributed by atoms with Gasteiger partial charge in [-0.2, -0.15) is 0 Å². The zero-order chi connectivity index (χ0) is 15.6. The molecule has 1 N–H and O–H groups in total. The largest absolute Gasteiger partial charge is 0.371 e. The number of hydrogen-bond donors (Lipinski definition) is 1. The molecule has 5 nitrogen and oxygen atoms in total. The number of hydrogen-bond acceptors (Lipinski definition) is 5. The van der Waals surface area contributed by atoms with Crippen molar-refractivity contribution in [2.45, 2.75) is 12.7 Å². The molecule has 23 heavy (non-hydrogen) atoms. The monoisotopic (exact) mass is 319 g/mol. The van der Waals surface area contributed by atoms with Crippen molar-refractivity contribution in [2.75, 3.05) is 49.3 Å². The third kappa shape index (κ3) is 3.06. The van der Waals surface area contributed by atoms with Crippen molar-refractivity contribution in [3.05, 3.63) is 36.3 Å². The first-order valence-electron chi connectivity index (χ1n) is 8.23. The van der Waals surface area contributed by atoms with Gasteiger partial charge in [-0.05, 0) is 24.6 Å². The van der Waals surface area contributed by atoms with Gasteiger partial charge in [-0.25, -0.2) is 4.39 Å². The van der Waals surface area contributed by atoms with E-state index in [1.54, 1.807) is 6.07 Å². The van der Waals surface area contributed by atoms with Gasteiger partial charge in [0.1, 0.15) is 5.82 Å². The summed E-state index contributed by atoms with van der Waals surface area (Å²) >= 11 is 0. The molecular weight excluding hydrogens is 297 g/mol. The van der Waals surface area contributed by atoms with E-state index < -0.39 is 0 Å². The van der Waals surface area contributed by atoms with Crippen LogP contribution >= 0.6 is 0 Å². The zero-order valence-electron chi connectivity index (χ0n) is 13.1. The molecule has 3 aliphatic heterocycles. The fraction of sp³-hybridized carbons (Fsp3) is 0.529. The van der Waals surface area contributed by atoms with Gasteiger partial charge in [0.05, 0.1) is 25.6 Å². The standard InChI is InChI=1S/C17H22FN3O2/c18-15-3-2-14(10-16(15)21-6-1-5-19-12-21)20-7-4-13(11-20)17-22-8-9-23-17/h1-3,6,10,13,17,19H,4-5,7-9,11-12H2. The van der Waals surface area contributed by atoms with E-state index in [9.17, 15) is 4.39 Å². The van der Waals surface area contributed by atoms with Gasteiger partial charge in [0.25, 0.3) is 0 Å². The molecule has 0 bridgehead atoms. The molecule has 1 atom stereocenters. The average molecular weight is 319 g/mol. The number of halogens is 1. The van der Waals surface area contributed by atoms with E-state index in [1.165, 1.54) is 0 Å². The molecule has 0 saturated carbocycles. The van der Waals surface area contributed by atoms with Crippen LogP contribution in [-0.2, 0) is 9.47 Å². The summed E-state index contributed by atoms with van der Waals surface area (Å²) in [5.74, 6) is 0.197. The van der Waals surface area contributed by atoms with Crippen LogP contribution in [0.3, 0.4) is 0 Å². The first kappa shape index (κ1) is 14.9. The lowest BCUT2D eigenvalue weighted by molar-refractivity contribution is -0.0772. The summed E-state index contributed by atoms with van der Waals surface area (Å²) in [6, 6.07) is 5.35. The Bertz CT molecular complexity index is 589. The van der Waals surface area contributed by atoms with Crippen molar-refractivity contribution in [3.8, 4) is 0 Å². The van der Waals surface area contributed by atoms with Crippen LogP contribution in [0.15, 0.2) is 30.5 Å². The Morgan fingerprint density at radius 2 is 2.09 bits per heavy atom. The third-order valence-corrected chi connectivity index (χ3v) is 4.69. The minimum Gasteiger partial charge on any atom is -0.371 e. The topological polar surface area (TPSA) is 37.0 Å². The SMILES string of the molecule is Fc1ccc(N2CCC(C3OCCO3)C2)cc1N1C=CCNC1. The molecule has 0 radical (unpaired) electrons. The summed E-state index contributed by atoms with van der Waals surface area (Å²) in [5, 5.41) is 3.22. The molecule has 0 aliphatic carbocycles. The second-order valence-electron chi connectivity index (χ2n) is 6.21.